The fourth-order valence-electron chi connectivity index (χ4n) is 0.240. The smallest absolute Gasteiger partial charge is 0.151 e. The van der Waals surface area contributed by atoms with E-state index in [-0.39, 0.29) is 0 Å². The van der Waals surface area contributed by atoms with Gasteiger partial charge in [0.05, 0.1) is 0 Å². The maximum atomic E-state index is 9.64. The van der Waals surface area contributed by atoms with Crippen molar-refractivity contribution in [1.82, 2.24) is 0 Å². The summed E-state index contributed by atoms with van der Waals surface area (Å²) in [7, 11) is 0. The van der Waals surface area contributed by atoms with Crippen molar-refractivity contribution in [3.63, 3.8) is 0 Å². The van der Waals surface area contributed by atoms with E-state index in [1.54, 1.807) is 0 Å². The van der Waals surface area contributed by atoms with Crippen molar-refractivity contribution in [1.29, 1.82) is 0 Å². The third-order valence-electron chi connectivity index (χ3n) is 0.557. The van der Waals surface area contributed by atoms with Crippen molar-refractivity contribution in [2.75, 3.05) is 0 Å². The molecule has 0 saturated heterocycles. The van der Waals surface area contributed by atoms with E-state index in [1.165, 1.54) is 0 Å². The summed E-state index contributed by atoms with van der Waals surface area (Å²) >= 11 is -2.49. The number of unbranched alkanes of at least 4 members (excludes halogenated alkanes) is 1. The van der Waals surface area contributed by atoms with E-state index < -0.39 is 11.4 Å². The van der Waals surface area contributed by atoms with Crippen LogP contribution in [0.25, 0.3) is 0 Å². The molecule has 0 bridgehead atoms. The molecule has 0 fully saturated rings. The van der Waals surface area contributed by atoms with E-state index in [9.17, 15) is 8.76 Å². The van der Waals surface area contributed by atoms with Crippen LogP contribution in [0.15, 0.2) is 0 Å². The second-order valence-corrected chi connectivity index (χ2v) is 1.89. The monoisotopic (exact) mass is 147 g/mol. The molecule has 0 aromatic heterocycles. The molecule has 0 aliphatic carbocycles. The minimum absolute atomic E-state index is 0.664. The van der Waals surface area contributed by atoms with Crippen molar-refractivity contribution >= 4 is 11.4 Å². The normalized spacial score (nSPS) is 11.3. The summed E-state index contributed by atoms with van der Waals surface area (Å²) in [6.45, 7) is 1.95. The maximum absolute atomic E-state index is 9.64. The molecule has 0 amide bonds. The molecule has 4 heteroatoms. The van der Waals surface area contributed by atoms with Gasteiger partial charge in [0.15, 0.2) is 11.4 Å². The van der Waals surface area contributed by atoms with E-state index in [0.717, 1.165) is 6.42 Å². The highest BCUT2D eigenvalue weighted by Gasteiger charge is 1.72. The Bertz CT molecular complexity index is 144. The Labute approximate surface area is 56.9 Å². The molecule has 0 spiro atoms. The largest absolute Gasteiger partial charge is 0.739 e. The van der Waals surface area contributed by atoms with Crippen molar-refractivity contribution in [3.8, 4) is 12.0 Å². The number of hydrogen-bond acceptors (Lipinski definition) is 3. The molecule has 0 aliphatic heterocycles. The van der Waals surface area contributed by atoms with Gasteiger partial charge in [0.25, 0.3) is 0 Å². The van der Waals surface area contributed by atoms with Crippen LogP contribution in [0.1, 0.15) is 19.8 Å². The Hall–Kier alpha value is -0.530. The highest BCUT2D eigenvalue weighted by molar-refractivity contribution is 7.74. The van der Waals surface area contributed by atoms with E-state index in [0.29, 0.717) is 6.42 Å². The van der Waals surface area contributed by atoms with Crippen LogP contribution in [0.2, 0.25) is 0 Å². The summed E-state index contributed by atoms with van der Waals surface area (Å²) in [5, 5.41) is 0. The molecule has 0 rings (SSSR count). The van der Waals surface area contributed by atoms with Crippen LogP contribution in [-0.2, 0) is 15.5 Å². The third kappa shape index (κ3) is 7.47. The van der Waals surface area contributed by atoms with Gasteiger partial charge in [-0.2, -0.15) is 0 Å². The molecule has 0 aromatic rings. The van der Waals surface area contributed by atoms with Crippen molar-refractivity contribution < 1.29 is 12.9 Å². The predicted molar refractivity (Wildman–Crippen MR) is 32.7 cm³/mol. The molecule has 0 aromatic carbocycles. The molecular formula is C5H7O3S-. The van der Waals surface area contributed by atoms with Gasteiger partial charge in [0.2, 0.25) is 0 Å². The van der Waals surface area contributed by atoms with Gasteiger partial charge in [-0.3, -0.25) is 0 Å². The van der Waals surface area contributed by atoms with Crippen LogP contribution in [0.5, 0.6) is 0 Å². The molecule has 9 heavy (non-hydrogen) atoms. The lowest BCUT2D eigenvalue weighted by Crippen LogP contribution is -1.86. The van der Waals surface area contributed by atoms with Crippen LogP contribution in [0.3, 0.4) is 0 Å². The van der Waals surface area contributed by atoms with E-state index >= 15 is 0 Å². The zero-order chi connectivity index (χ0) is 7.11. The first-order chi connectivity index (χ1) is 4.27. The summed E-state index contributed by atoms with van der Waals surface area (Å²) < 4.78 is 23.2. The SMILES string of the molecule is CCCC#COS(=O)[O-]. The average molecular weight is 147 g/mol. The molecule has 0 radical (unpaired) electrons. The van der Waals surface area contributed by atoms with Gasteiger partial charge in [0.1, 0.15) is 6.11 Å². The zero-order valence-electron chi connectivity index (χ0n) is 5.05. The van der Waals surface area contributed by atoms with Crippen LogP contribution < -0.4 is 0 Å². The van der Waals surface area contributed by atoms with Gasteiger partial charge < -0.3 is 8.74 Å². The Morgan fingerprint density at radius 2 is 2.44 bits per heavy atom. The maximum Gasteiger partial charge on any atom is 0.151 e. The van der Waals surface area contributed by atoms with Crippen LogP contribution in [-0.4, -0.2) is 8.76 Å². The molecule has 0 aliphatic rings. The Balaban J connectivity index is 3.26. The lowest BCUT2D eigenvalue weighted by atomic mass is 10.4. The van der Waals surface area contributed by atoms with Gasteiger partial charge in [-0.15, -0.1) is 0 Å². The lowest BCUT2D eigenvalue weighted by molar-refractivity contribution is 0.422. The standard InChI is InChI=1S/C5H8O3S/c1-2-3-4-5-8-9(6)7/h2-3H2,1H3,(H,6,7)/p-1. The average Bonchev–Trinajstić information content (AvgIpc) is 1.80. The fraction of sp³-hybridized carbons (Fsp3) is 0.600. The Kier molecular flexibility index (Phi) is 5.27. The van der Waals surface area contributed by atoms with Gasteiger partial charge in [-0.05, 0) is 6.42 Å². The molecule has 3 nitrogen and oxygen atoms in total. The minimum atomic E-state index is -2.49. The first-order valence-corrected chi connectivity index (χ1v) is 3.51. The van der Waals surface area contributed by atoms with Crippen LogP contribution >= 0.6 is 0 Å². The lowest BCUT2D eigenvalue weighted by Gasteiger charge is -1.95. The summed E-state index contributed by atoms with van der Waals surface area (Å²) in [5.74, 6) is 2.50. The summed E-state index contributed by atoms with van der Waals surface area (Å²) in [5.41, 5.74) is 0. The fourth-order valence-corrected chi connectivity index (χ4v) is 0.366. The third-order valence-corrected chi connectivity index (χ3v) is 0.776. The highest BCUT2D eigenvalue weighted by Crippen LogP contribution is 1.81. The quantitative estimate of drug-likeness (QED) is 0.423. The van der Waals surface area contributed by atoms with Crippen LogP contribution in [0.4, 0.5) is 0 Å². The topological polar surface area (TPSA) is 49.4 Å². The first-order valence-electron chi connectivity index (χ1n) is 2.51. The van der Waals surface area contributed by atoms with Gasteiger partial charge in [0, 0.05) is 6.42 Å². The van der Waals surface area contributed by atoms with E-state index in [2.05, 4.69) is 10.1 Å². The summed E-state index contributed by atoms with van der Waals surface area (Å²) in [4.78, 5) is 0. The molecule has 0 N–H and O–H groups in total. The summed E-state index contributed by atoms with van der Waals surface area (Å²) in [6, 6.07) is 0. The van der Waals surface area contributed by atoms with E-state index in [4.69, 9.17) is 0 Å². The number of rotatable bonds is 2. The zero-order valence-corrected chi connectivity index (χ0v) is 5.86. The van der Waals surface area contributed by atoms with Gasteiger partial charge in [-0.25, -0.2) is 4.21 Å². The van der Waals surface area contributed by atoms with Gasteiger partial charge in [-0.1, -0.05) is 12.8 Å². The minimum Gasteiger partial charge on any atom is -0.739 e. The van der Waals surface area contributed by atoms with Crippen molar-refractivity contribution in [3.05, 3.63) is 0 Å². The Morgan fingerprint density at radius 3 is 2.89 bits per heavy atom. The highest BCUT2D eigenvalue weighted by atomic mass is 32.2. The van der Waals surface area contributed by atoms with Gasteiger partial charge >= 0.3 is 0 Å². The molecule has 0 saturated carbocycles. The summed E-state index contributed by atoms with van der Waals surface area (Å²) in [6.07, 6.45) is 3.59. The Morgan fingerprint density at radius 1 is 1.78 bits per heavy atom. The van der Waals surface area contributed by atoms with E-state index in [1.807, 2.05) is 13.0 Å². The van der Waals surface area contributed by atoms with Crippen molar-refractivity contribution in [2.24, 2.45) is 0 Å². The van der Waals surface area contributed by atoms with Crippen molar-refractivity contribution in [2.45, 2.75) is 19.8 Å². The number of hydrogen-bond donors (Lipinski definition) is 0. The molecule has 52 valence electrons. The molecule has 0 heterocycles. The second kappa shape index (κ2) is 5.60. The second-order valence-electron chi connectivity index (χ2n) is 1.32. The predicted octanol–water partition coefficient (Wildman–Crippen LogP) is 0.558. The van der Waals surface area contributed by atoms with Crippen LogP contribution in [0, 0.1) is 12.0 Å². The molecule has 1 unspecified atom stereocenters. The molecule has 1 atom stereocenters. The molecular weight excluding hydrogens is 140 g/mol. The first kappa shape index (κ1) is 8.47.